The van der Waals surface area contributed by atoms with Crippen LogP contribution in [0.3, 0.4) is 0 Å². The Morgan fingerprint density at radius 2 is 1.92 bits per heavy atom. The molecule has 1 unspecified atom stereocenters. The van der Waals surface area contributed by atoms with Crippen LogP contribution in [-0.4, -0.2) is 6.54 Å². The van der Waals surface area contributed by atoms with Crippen molar-refractivity contribution in [3.05, 3.63) is 23.8 Å². The summed E-state index contributed by atoms with van der Waals surface area (Å²) in [5, 5.41) is 0. The molecular formula is C8H14N4. The van der Waals surface area contributed by atoms with Gasteiger partial charge in [0.15, 0.2) is 0 Å². The molecule has 0 bridgehead atoms. The minimum atomic E-state index is -0.228. The molecular weight excluding hydrogens is 152 g/mol. The van der Waals surface area contributed by atoms with Gasteiger partial charge in [-0.15, -0.1) is 0 Å². The molecule has 4 nitrogen and oxygen atoms in total. The fourth-order valence-electron chi connectivity index (χ4n) is 1.04. The highest BCUT2D eigenvalue weighted by Crippen LogP contribution is 2.20. The zero-order valence-corrected chi connectivity index (χ0v) is 6.83. The Hall–Kier alpha value is -1.26. The van der Waals surface area contributed by atoms with Crippen LogP contribution in [0.1, 0.15) is 11.6 Å². The topological polar surface area (TPSA) is 104 Å². The van der Waals surface area contributed by atoms with Gasteiger partial charge in [-0.05, 0) is 23.8 Å². The van der Waals surface area contributed by atoms with Crippen LogP contribution in [0.2, 0.25) is 0 Å². The summed E-state index contributed by atoms with van der Waals surface area (Å²) in [6.07, 6.45) is 0. The second-order valence-electron chi connectivity index (χ2n) is 2.73. The van der Waals surface area contributed by atoms with Gasteiger partial charge < -0.3 is 22.9 Å². The molecule has 66 valence electrons. The third-order valence-electron chi connectivity index (χ3n) is 1.76. The van der Waals surface area contributed by atoms with E-state index in [0.717, 1.165) is 5.56 Å². The third kappa shape index (κ3) is 1.66. The molecule has 8 N–H and O–H groups in total. The minimum Gasteiger partial charge on any atom is -0.399 e. The Morgan fingerprint density at radius 3 is 2.50 bits per heavy atom. The van der Waals surface area contributed by atoms with Gasteiger partial charge in [-0.2, -0.15) is 0 Å². The fraction of sp³-hybridized carbons (Fsp3) is 0.250. The number of benzene rings is 1. The number of anilines is 2. The summed E-state index contributed by atoms with van der Waals surface area (Å²) in [4.78, 5) is 0. The zero-order valence-electron chi connectivity index (χ0n) is 6.83. The molecule has 0 spiro atoms. The van der Waals surface area contributed by atoms with Crippen LogP contribution in [0.15, 0.2) is 18.2 Å². The summed E-state index contributed by atoms with van der Waals surface area (Å²) < 4.78 is 0. The van der Waals surface area contributed by atoms with E-state index in [4.69, 9.17) is 22.9 Å². The van der Waals surface area contributed by atoms with Gasteiger partial charge in [0.05, 0.1) is 0 Å². The van der Waals surface area contributed by atoms with E-state index in [1.165, 1.54) is 0 Å². The predicted octanol–water partition coefficient (Wildman–Crippen LogP) is -0.190. The van der Waals surface area contributed by atoms with E-state index in [9.17, 15) is 0 Å². The maximum Gasteiger partial charge on any atom is 0.0440 e. The summed E-state index contributed by atoms with van der Waals surface area (Å²) in [6.45, 7) is 0.369. The number of rotatable bonds is 2. The van der Waals surface area contributed by atoms with Crippen molar-refractivity contribution in [3.63, 3.8) is 0 Å². The lowest BCUT2D eigenvalue weighted by atomic mass is 10.1. The molecule has 0 radical (unpaired) electrons. The van der Waals surface area contributed by atoms with Crippen molar-refractivity contribution in [2.24, 2.45) is 11.5 Å². The van der Waals surface area contributed by atoms with E-state index in [-0.39, 0.29) is 6.04 Å². The molecule has 1 rings (SSSR count). The van der Waals surface area contributed by atoms with Crippen molar-refractivity contribution in [3.8, 4) is 0 Å². The molecule has 0 aliphatic rings. The molecule has 4 heteroatoms. The Morgan fingerprint density at radius 1 is 1.25 bits per heavy atom. The molecule has 0 fully saturated rings. The molecule has 0 saturated heterocycles. The van der Waals surface area contributed by atoms with Gasteiger partial charge in [0.25, 0.3) is 0 Å². The largest absolute Gasteiger partial charge is 0.399 e. The summed E-state index contributed by atoms with van der Waals surface area (Å²) in [7, 11) is 0. The van der Waals surface area contributed by atoms with Crippen LogP contribution in [0.4, 0.5) is 11.4 Å². The number of hydrogen-bond donors (Lipinski definition) is 4. The highest BCUT2D eigenvalue weighted by molar-refractivity contribution is 5.56. The monoisotopic (exact) mass is 166 g/mol. The SMILES string of the molecule is NCC(N)c1cc(N)ccc1N. The summed E-state index contributed by atoms with van der Waals surface area (Å²) in [6, 6.07) is 5.00. The zero-order chi connectivity index (χ0) is 9.14. The summed E-state index contributed by atoms with van der Waals surface area (Å²) >= 11 is 0. The van der Waals surface area contributed by atoms with Gasteiger partial charge in [0.1, 0.15) is 0 Å². The van der Waals surface area contributed by atoms with E-state index in [1.54, 1.807) is 18.2 Å². The summed E-state index contributed by atoms with van der Waals surface area (Å²) in [5.41, 5.74) is 24.5. The molecule has 12 heavy (non-hydrogen) atoms. The van der Waals surface area contributed by atoms with Crippen molar-refractivity contribution in [2.45, 2.75) is 6.04 Å². The smallest absolute Gasteiger partial charge is 0.0440 e. The van der Waals surface area contributed by atoms with E-state index in [2.05, 4.69) is 0 Å². The van der Waals surface area contributed by atoms with Crippen molar-refractivity contribution in [2.75, 3.05) is 18.0 Å². The average molecular weight is 166 g/mol. The van der Waals surface area contributed by atoms with Gasteiger partial charge in [0.2, 0.25) is 0 Å². The fourth-order valence-corrected chi connectivity index (χ4v) is 1.04. The lowest BCUT2D eigenvalue weighted by molar-refractivity contribution is 0.740. The number of hydrogen-bond acceptors (Lipinski definition) is 4. The minimum absolute atomic E-state index is 0.228. The second kappa shape index (κ2) is 3.42. The van der Waals surface area contributed by atoms with E-state index in [1.807, 2.05) is 0 Å². The normalized spacial score (nSPS) is 12.8. The standard InChI is InChI=1S/C8H14N4/c9-4-8(12)6-3-5(10)1-2-7(6)11/h1-3,8H,4,9-12H2. The van der Waals surface area contributed by atoms with Gasteiger partial charge in [-0.1, -0.05) is 0 Å². The molecule has 0 saturated carbocycles. The van der Waals surface area contributed by atoms with Crippen LogP contribution >= 0.6 is 0 Å². The third-order valence-corrected chi connectivity index (χ3v) is 1.76. The molecule has 1 atom stereocenters. The van der Waals surface area contributed by atoms with Crippen LogP contribution in [0.5, 0.6) is 0 Å². The molecule has 0 heterocycles. The first-order valence-electron chi connectivity index (χ1n) is 3.75. The van der Waals surface area contributed by atoms with Crippen molar-refractivity contribution >= 4 is 11.4 Å². The Balaban J connectivity index is 3.04. The Bertz CT molecular complexity index is 272. The summed E-state index contributed by atoms with van der Waals surface area (Å²) in [5.74, 6) is 0. The average Bonchev–Trinajstić information content (AvgIpc) is 2.08. The molecule has 1 aromatic carbocycles. The van der Waals surface area contributed by atoms with Gasteiger partial charge >= 0.3 is 0 Å². The Labute approximate surface area is 71.5 Å². The predicted molar refractivity (Wildman–Crippen MR) is 51.2 cm³/mol. The molecule has 1 aromatic rings. The van der Waals surface area contributed by atoms with Crippen molar-refractivity contribution in [1.29, 1.82) is 0 Å². The van der Waals surface area contributed by atoms with Crippen LogP contribution in [0, 0.1) is 0 Å². The highest BCUT2D eigenvalue weighted by Gasteiger charge is 2.07. The maximum absolute atomic E-state index is 5.70. The van der Waals surface area contributed by atoms with Crippen LogP contribution in [-0.2, 0) is 0 Å². The van der Waals surface area contributed by atoms with Gasteiger partial charge in [-0.3, -0.25) is 0 Å². The second-order valence-corrected chi connectivity index (χ2v) is 2.73. The first-order valence-corrected chi connectivity index (χ1v) is 3.75. The lowest BCUT2D eigenvalue weighted by Gasteiger charge is -2.12. The molecule has 0 aromatic heterocycles. The molecule has 0 aliphatic heterocycles. The van der Waals surface area contributed by atoms with E-state index >= 15 is 0 Å². The molecule has 0 amide bonds. The first kappa shape index (κ1) is 8.83. The van der Waals surface area contributed by atoms with Crippen molar-refractivity contribution in [1.82, 2.24) is 0 Å². The van der Waals surface area contributed by atoms with E-state index in [0.29, 0.717) is 17.9 Å². The van der Waals surface area contributed by atoms with Crippen LogP contribution in [0.25, 0.3) is 0 Å². The van der Waals surface area contributed by atoms with Crippen molar-refractivity contribution < 1.29 is 0 Å². The van der Waals surface area contributed by atoms with Gasteiger partial charge in [-0.25, -0.2) is 0 Å². The van der Waals surface area contributed by atoms with E-state index < -0.39 is 0 Å². The number of nitrogen functional groups attached to an aromatic ring is 2. The lowest BCUT2D eigenvalue weighted by Crippen LogP contribution is -2.21. The quantitative estimate of drug-likeness (QED) is 0.457. The molecule has 0 aliphatic carbocycles. The van der Waals surface area contributed by atoms with Gasteiger partial charge in [0, 0.05) is 24.0 Å². The van der Waals surface area contributed by atoms with Crippen LogP contribution < -0.4 is 22.9 Å². The number of nitrogens with two attached hydrogens (primary N) is 4. The first-order chi connectivity index (χ1) is 5.65. The Kier molecular flexibility index (Phi) is 2.52. The highest BCUT2D eigenvalue weighted by atomic mass is 14.7. The maximum atomic E-state index is 5.70.